The molecule has 0 unspecified atom stereocenters. The predicted molar refractivity (Wildman–Crippen MR) is 110 cm³/mol. The van der Waals surface area contributed by atoms with Crippen molar-refractivity contribution in [3.63, 3.8) is 0 Å². The molecule has 1 aromatic carbocycles. The third kappa shape index (κ3) is 3.99. The second-order valence-corrected chi connectivity index (χ2v) is 8.04. The zero-order valence-corrected chi connectivity index (χ0v) is 17.1. The number of pyridine rings is 1. The fourth-order valence-corrected chi connectivity index (χ4v) is 4.79. The zero-order valence-electron chi connectivity index (χ0n) is 17.1. The Balaban J connectivity index is 1.48. The second kappa shape index (κ2) is 8.60. The Morgan fingerprint density at radius 3 is 2.77 bits per heavy atom. The van der Waals surface area contributed by atoms with E-state index in [0.29, 0.717) is 24.7 Å². The molecule has 0 N–H and O–H groups in total. The van der Waals surface area contributed by atoms with Gasteiger partial charge in [0.2, 0.25) is 5.90 Å². The molecule has 1 saturated heterocycles. The molecule has 0 amide bonds. The number of aliphatic imine (C=N–C) groups is 1. The van der Waals surface area contributed by atoms with Crippen molar-refractivity contribution < 1.29 is 18.3 Å². The molecular weight excluding hydrogens is 388 g/mol. The molecule has 158 valence electrons. The quantitative estimate of drug-likeness (QED) is 0.728. The van der Waals surface area contributed by atoms with Gasteiger partial charge in [-0.05, 0) is 30.2 Å². The summed E-state index contributed by atoms with van der Waals surface area (Å²) >= 11 is 0. The molecule has 4 rings (SSSR count). The lowest BCUT2D eigenvalue weighted by Crippen LogP contribution is -2.35. The topological polar surface area (TPSA) is 54.8 Å². The number of ether oxygens (including phenoxy) is 1. The van der Waals surface area contributed by atoms with E-state index in [1.165, 1.54) is 0 Å². The standard InChI is InChI=1S/C23H25F2N3O2/c1-28-13-16(20(21(28)22(24)25)14-6-4-3-5-7-14)9-18(29)10-17-8-15-11-27-23(30-2)19(15)12-26-17/h3-8,12,16,20-22H,9-11,13H2,1-2H3/t16-,20+,21+/m1/s1. The van der Waals surface area contributed by atoms with Crippen LogP contribution in [0.15, 0.2) is 47.6 Å². The van der Waals surface area contributed by atoms with Gasteiger partial charge in [0.1, 0.15) is 5.78 Å². The van der Waals surface area contributed by atoms with Gasteiger partial charge < -0.3 is 4.74 Å². The lowest BCUT2D eigenvalue weighted by atomic mass is 9.81. The number of hydrogen-bond donors (Lipinski definition) is 0. The van der Waals surface area contributed by atoms with E-state index in [2.05, 4.69) is 9.98 Å². The Labute approximate surface area is 174 Å². The number of likely N-dealkylation sites (tertiary alicyclic amines) is 1. The number of benzene rings is 1. The maximum Gasteiger partial charge on any atom is 0.254 e. The summed E-state index contributed by atoms with van der Waals surface area (Å²) in [5.41, 5.74) is 3.39. The summed E-state index contributed by atoms with van der Waals surface area (Å²) in [5, 5.41) is 0. The smallest absolute Gasteiger partial charge is 0.254 e. The summed E-state index contributed by atoms with van der Waals surface area (Å²) < 4.78 is 32.8. The average molecular weight is 413 g/mol. The molecule has 2 aliphatic rings. The normalized spacial score (nSPS) is 23.5. The Hall–Kier alpha value is -2.67. The minimum Gasteiger partial charge on any atom is -0.481 e. The predicted octanol–water partition coefficient (Wildman–Crippen LogP) is 3.47. The first-order chi connectivity index (χ1) is 14.5. The van der Waals surface area contributed by atoms with Crippen LogP contribution in [-0.4, -0.2) is 54.7 Å². The molecule has 3 atom stereocenters. The van der Waals surface area contributed by atoms with Crippen molar-refractivity contribution in [2.75, 3.05) is 20.7 Å². The molecule has 3 heterocycles. The molecule has 2 aromatic rings. The first kappa shape index (κ1) is 20.6. The van der Waals surface area contributed by atoms with Crippen molar-refractivity contribution >= 4 is 11.7 Å². The number of carbonyl (C=O) groups excluding carboxylic acids is 1. The molecule has 0 aliphatic carbocycles. The summed E-state index contributed by atoms with van der Waals surface area (Å²) in [7, 11) is 3.28. The van der Waals surface area contributed by atoms with Crippen LogP contribution in [0.4, 0.5) is 8.78 Å². The van der Waals surface area contributed by atoms with Crippen LogP contribution in [0.3, 0.4) is 0 Å². The molecule has 1 aromatic heterocycles. The molecule has 0 bridgehead atoms. The van der Waals surface area contributed by atoms with E-state index in [0.717, 1.165) is 16.7 Å². The molecule has 5 nitrogen and oxygen atoms in total. The van der Waals surface area contributed by atoms with E-state index >= 15 is 0 Å². The number of methoxy groups -OCH3 is 1. The molecular formula is C23H25F2N3O2. The molecule has 0 radical (unpaired) electrons. The Bertz CT molecular complexity index is 949. The van der Waals surface area contributed by atoms with Crippen LogP contribution >= 0.6 is 0 Å². The molecule has 30 heavy (non-hydrogen) atoms. The monoisotopic (exact) mass is 413 g/mol. The summed E-state index contributed by atoms with van der Waals surface area (Å²) in [5.74, 6) is 0.0586. The van der Waals surface area contributed by atoms with E-state index in [9.17, 15) is 13.6 Å². The number of halogens is 2. The summed E-state index contributed by atoms with van der Waals surface area (Å²) in [4.78, 5) is 23.2. The summed E-state index contributed by atoms with van der Waals surface area (Å²) in [6, 6.07) is 10.4. The number of rotatable bonds is 6. The summed E-state index contributed by atoms with van der Waals surface area (Å²) in [6.45, 7) is 0.991. The number of alkyl halides is 2. The highest BCUT2D eigenvalue weighted by Crippen LogP contribution is 2.41. The number of fused-ring (bicyclic) bond motifs is 1. The lowest BCUT2D eigenvalue weighted by molar-refractivity contribution is -0.119. The zero-order chi connectivity index (χ0) is 21.3. The number of likely N-dealkylation sites (N-methyl/N-ethyl adjacent to an activating group) is 1. The van der Waals surface area contributed by atoms with E-state index in [1.807, 2.05) is 36.4 Å². The average Bonchev–Trinajstić information content (AvgIpc) is 3.28. The maximum atomic E-state index is 13.8. The van der Waals surface area contributed by atoms with Crippen LogP contribution in [0.25, 0.3) is 0 Å². The van der Waals surface area contributed by atoms with Crippen LogP contribution in [0.5, 0.6) is 0 Å². The van der Waals surface area contributed by atoms with E-state index in [-0.39, 0.29) is 30.5 Å². The van der Waals surface area contributed by atoms with Crippen molar-refractivity contribution in [1.29, 1.82) is 0 Å². The fraction of sp³-hybridized carbons (Fsp3) is 0.435. The number of Topliss-reactive ketones (excluding diaryl/α,β-unsaturated/α-hetero) is 1. The van der Waals surface area contributed by atoms with Crippen LogP contribution in [0, 0.1) is 5.92 Å². The van der Waals surface area contributed by atoms with Gasteiger partial charge >= 0.3 is 0 Å². The van der Waals surface area contributed by atoms with Crippen molar-refractivity contribution in [2.24, 2.45) is 10.9 Å². The molecule has 0 spiro atoms. The van der Waals surface area contributed by atoms with E-state index in [1.54, 1.807) is 25.3 Å². The maximum absolute atomic E-state index is 13.8. The molecule has 0 saturated carbocycles. The number of carbonyl (C=O) groups is 1. The van der Waals surface area contributed by atoms with Crippen LogP contribution < -0.4 is 0 Å². The molecule has 1 fully saturated rings. The number of ketones is 1. The highest BCUT2D eigenvalue weighted by molar-refractivity contribution is 5.97. The van der Waals surface area contributed by atoms with Crippen LogP contribution in [0.2, 0.25) is 0 Å². The van der Waals surface area contributed by atoms with Gasteiger partial charge in [0, 0.05) is 37.2 Å². The Morgan fingerprint density at radius 1 is 1.30 bits per heavy atom. The molecule has 7 heteroatoms. The van der Waals surface area contributed by atoms with E-state index < -0.39 is 12.5 Å². The van der Waals surface area contributed by atoms with Crippen LogP contribution in [-0.2, 0) is 22.5 Å². The second-order valence-electron chi connectivity index (χ2n) is 8.04. The highest BCUT2D eigenvalue weighted by Gasteiger charge is 2.45. The third-order valence-corrected chi connectivity index (χ3v) is 6.08. The Kier molecular flexibility index (Phi) is 5.90. The van der Waals surface area contributed by atoms with Gasteiger partial charge in [0.15, 0.2) is 0 Å². The van der Waals surface area contributed by atoms with Gasteiger partial charge in [-0.3, -0.25) is 14.7 Å². The first-order valence-corrected chi connectivity index (χ1v) is 10.1. The van der Waals surface area contributed by atoms with Crippen LogP contribution in [0.1, 0.15) is 34.7 Å². The number of aromatic nitrogens is 1. The van der Waals surface area contributed by atoms with Gasteiger partial charge in [-0.15, -0.1) is 0 Å². The largest absolute Gasteiger partial charge is 0.481 e. The van der Waals surface area contributed by atoms with Crippen molar-refractivity contribution in [2.45, 2.75) is 37.8 Å². The van der Waals surface area contributed by atoms with Crippen molar-refractivity contribution in [3.8, 4) is 0 Å². The van der Waals surface area contributed by atoms with Gasteiger partial charge in [0.25, 0.3) is 6.43 Å². The number of hydrogen-bond acceptors (Lipinski definition) is 5. The van der Waals surface area contributed by atoms with Gasteiger partial charge in [-0.1, -0.05) is 30.3 Å². The molecule has 2 aliphatic heterocycles. The van der Waals surface area contributed by atoms with Gasteiger partial charge in [-0.25, -0.2) is 13.8 Å². The SMILES string of the molecule is COC1=NCc2cc(CC(=O)C[C@@H]3CN(C)[C@H](C(F)F)[C@H]3c3ccccc3)ncc21. The first-order valence-electron chi connectivity index (χ1n) is 10.1. The summed E-state index contributed by atoms with van der Waals surface area (Å²) in [6.07, 6.45) is -0.327. The minimum atomic E-state index is -2.46. The van der Waals surface area contributed by atoms with Gasteiger partial charge in [0.05, 0.1) is 25.3 Å². The van der Waals surface area contributed by atoms with E-state index in [4.69, 9.17) is 4.74 Å². The van der Waals surface area contributed by atoms with Crippen molar-refractivity contribution in [1.82, 2.24) is 9.88 Å². The third-order valence-electron chi connectivity index (χ3n) is 6.08. The Morgan fingerprint density at radius 2 is 2.07 bits per heavy atom. The fourth-order valence-electron chi connectivity index (χ4n) is 4.79. The van der Waals surface area contributed by atoms with Crippen molar-refractivity contribution in [3.05, 3.63) is 65.0 Å². The number of nitrogens with zero attached hydrogens (tertiary/aromatic N) is 3. The highest BCUT2D eigenvalue weighted by atomic mass is 19.3. The van der Waals surface area contributed by atoms with Gasteiger partial charge in [-0.2, -0.15) is 0 Å². The lowest BCUT2D eigenvalue weighted by Gasteiger charge is -2.26. The minimum absolute atomic E-state index is 0.0163.